The number of hydrogen-bond donors (Lipinski definition) is 0. The number of rotatable bonds is 5. The number of halogens is 6. The van der Waals surface area contributed by atoms with Crippen LogP contribution in [0.15, 0.2) is 77.2 Å². The summed E-state index contributed by atoms with van der Waals surface area (Å²) in [7, 11) is 0. The molecular formula is C21H12F6O5. The van der Waals surface area contributed by atoms with Crippen molar-refractivity contribution >= 4 is 11.9 Å². The number of esters is 2. The molecule has 0 aliphatic rings. The Morgan fingerprint density at radius 3 is 1.59 bits per heavy atom. The highest BCUT2D eigenvalue weighted by Crippen LogP contribution is 2.41. The zero-order valence-electron chi connectivity index (χ0n) is 15.7. The quantitative estimate of drug-likeness (QED) is 0.293. The maximum Gasteiger partial charge on any atom is 0.491 e. The predicted octanol–water partition coefficient (Wildman–Crippen LogP) is 5.36. The third kappa shape index (κ3) is 4.76. The Kier molecular flexibility index (Phi) is 6.02. The van der Waals surface area contributed by atoms with Crippen molar-refractivity contribution in [1.29, 1.82) is 0 Å². The standard InChI is InChI=1S/C21H12F6O5/c22-20(23,24)17(28)31-19(14-9-5-2-6-10-14,32-18(29)21(25,26)27)16-12-11-15(30-16)13-7-3-1-4-8-13/h1-12H. The second kappa shape index (κ2) is 8.40. The number of carbonyl (C=O) groups is 2. The minimum atomic E-state index is -5.61. The van der Waals surface area contributed by atoms with Gasteiger partial charge in [-0.2, -0.15) is 26.3 Å². The summed E-state index contributed by atoms with van der Waals surface area (Å²) in [6.07, 6.45) is -11.2. The number of alkyl halides is 6. The molecule has 1 aromatic heterocycles. The van der Waals surface area contributed by atoms with E-state index in [0.29, 0.717) is 5.56 Å². The average Bonchev–Trinajstić information content (AvgIpc) is 3.24. The second-order valence-corrected chi connectivity index (χ2v) is 6.29. The molecule has 0 saturated carbocycles. The summed E-state index contributed by atoms with van der Waals surface area (Å²) in [5, 5.41) is 0. The number of benzene rings is 2. The third-order valence-corrected chi connectivity index (χ3v) is 4.08. The van der Waals surface area contributed by atoms with E-state index in [1.807, 2.05) is 0 Å². The molecule has 0 atom stereocenters. The molecule has 0 aliphatic heterocycles. The Bertz CT molecular complexity index is 1060. The molecule has 3 rings (SSSR count). The van der Waals surface area contributed by atoms with Crippen molar-refractivity contribution in [2.75, 3.05) is 0 Å². The molecule has 5 nitrogen and oxygen atoms in total. The van der Waals surface area contributed by atoms with E-state index in [2.05, 4.69) is 9.47 Å². The summed E-state index contributed by atoms with van der Waals surface area (Å²) in [4.78, 5) is 23.3. The first kappa shape index (κ1) is 22.9. The van der Waals surface area contributed by atoms with Crippen molar-refractivity contribution < 1.29 is 49.8 Å². The molecule has 0 unspecified atom stereocenters. The van der Waals surface area contributed by atoms with Crippen LogP contribution in [-0.2, 0) is 24.8 Å². The summed E-state index contributed by atoms with van der Waals surface area (Å²) in [6.45, 7) is 0. The highest BCUT2D eigenvalue weighted by atomic mass is 19.4. The molecular weight excluding hydrogens is 446 g/mol. The van der Waals surface area contributed by atoms with E-state index >= 15 is 0 Å². The van der Waals surface area contributed by atoms with Gasteiger partial charge < -0.3 is 13.9 Å². The maximum atomic E-state index is 13.0. The number of hydrogen-bond acceptors (Lipinski definition) is 5. The molecule has 32 heavy (non-hydrogen) atoms. The van der Waals surface area contributed by atoms with Crippen LogP contribution in [0.5, 0.6) is 0 Å². The third-order valence-electron chi connectivity index (χ3n) is 4.08. The normalized spacial score (nSPS) is 12.3. The maximum absolute atomic E-state index is 13.0. The van der Waals surface area contributed by atoms with Gasteiger partial charge in [-0.05, 0) is 12.1 Å². The Labute approximate surface area is 176 Å². The summed E-state index contributed by atoms with van der Waals surface area (Å²) in [5.74, 6) is -9.89. The highest BCUT2D eigenvalue weighted by Gasteiger charge is 2.56. The summed E-state index contributed by atoms with van der Waals surface area (Å²) < 4.78 is 92.1. The predicted molar refractivity (Wildman–Crippen MR) is 95.7 cm³/mol. The fourth-order valence-corrected chi connectivity index (χ4v) is 2.69. The fraction of sp³-hybridized carbons (Fsp3) is 0.143. The van der Waals surface area contributed by atoms with Gasteiger partial charge in [-0.25, -0.2) is 9.59 Å². The second-order valence-electron chi connectivity index (χ2n) is 6.29. The van der Waals surface area contributed by atoms with Crippen LogP contribution in [0, 0.1) is 0 Å². The lowest BCUT2D eigenvalue weighted by Gasteiger charge is -2.31. The van der Waals surface area contributed by atoms with Gasteiger partial charge in [0.15, 0.2) is 5.76 Å². The molecule has 0 bridgehead atoms. The van der Waals surface area contributed by atoms with Crippen LogP contribution < -0.4 is 0 Å². The van der Waals surface area contributed by atoms with Gasteiger partial charge in [0.25, 0.3) is 0 Å². The van der Waals surface area contributed by atoms with Gasteiger partial charge in [-0.3, -0.25) is 0 Å². The topological polar surface area (TPSA) is 65.7 Å². The number of carbonyl (C=O) groups excluding carboxylic acids is 2. The molecule has 3 aromatic rings. The molecule has 168 valence electrons. The van der Waals surface area contributed by atoms with Gasteiger partial charge in [0.1, 0.15) is 5.76 Å². The Hall–Kier alpha value is -3.76. The first-order chi connectivity index (χ1) is 14.9. The van der Waals surface area contributed by atoms with Crippen molar-refractivity contribution in [2.45, 2.75) is 18.1 Å². The molecule has 0 radical (unpaired) electrons. The zero-order valence-corrected chi connectivity index (χ0v) is 15.7. The van der Waals surface area contributed by atoms with E-state index in [-0.39, 0.29) is 5.76 Å². The van der Waals surface area contributed by atoms with Crippen molar-refractivity contribution in [3.63, 3.8) is 0 Å². The molecule has 0 fully saturated rings. The van der Waals surface area contributed by atoms with E-state index in [0.717, 1.165) is 18.2 Å². The molecule has 0 N–H and O–H groups in total. The summed E-state index contributed by atoms with van der Waals surface area (Å²) >= 11 is 0. The van der Waals surface area contributed by atoms with Crippen LogP contribution in [0.3, 0.4) is 0 Å². The molecule has 0 amide bonds. The van der Waals surface area contributed by atoms with Gasteiger partial charge in [-0.15, -0.1) is 0 Å². The monoisotopic (exact) mass is 458 g/mol. The van der Waals surface area contributed by atoms with E-state index in [4.69, 9.17) is 4.42 Å². The smallest absolute Gasteiger partial charge is 0.452 e. The van der Waals surface area contributed by atoms with Crippen LogP contribution in [-0.4, -0.2) is 24.3 Å². The Morgan fingerprint density at radius 1 is 0.656 bits per heavy atom. The summed E-state index contributed by atoms with van der Waals surface area (Å²) in [6, 6.07) is 16.0. The number of furan rings is 1. The lowest BCUT2D eigenvalue weighted by molar-refractivity contribution is -0.269. The van der Waals surface area contributed by atoms with Gasteiger partial charge >= 0.3 is 30.1 Å². The molecule has 1 heterocycles. The first-order valence-corrected chi connectivity index (χ1v) is 8.75. The van der Waals surface area contributed by atoms with E-state index < -0.39 is 41.4 Å². The van der Waals surface area contributed by atoms with Crippen LogP contribution in [0.2, 0.25) is 0 Å². The molecule has 2 aromatic carbocycles. The lowest BCUT2D eigenvalue weighted by Crippen LogP contribution is -2.44. The highest BCUT2D eigenvalue weighted by molar-refractivity contribution is 5.79. The van der Waals surface area contributed by atoms with Crippen molar-refractivity contribution in [2.24, 2.45) is 0 Å². The van der Waals surface area contributed by atoms with Crippen LogP contribution in [0.25, 0.3) is 11.3 Å². The van der Waals surface area contributed by atoms with Gasteiger partial charge in [-0.1, -0.05) is 60.7 Å². The molecule has 0 spiro atoms. The Morgan fingerprint density at radius 2 is 1.12 bits per heavy atom. The van der Waals surface area contributed by atoms with Crippen LogP contribution >= 0.6 is 0 Å². The summed E-state index contributed by atoms with van der Waals surface area (Å²) in [5.41, 5.74) is -0.117. The van der Waals surface area contributed by atoms with Crippen molar-refractivity contribution in [3.05, 3.63) is 84.1 Å². The van der Waals surface area contributed by atoms with Crippen molar-refractivity contribution in [3.8, 4) is 11.3 Å². The zero-order chi connectivity index (χ0) is 23.6. The molecule has 11 heteroatoms. The van der Waals surface area contributed by atoms with E-state index in [1.165, 1.54) is 24.3 Å². The minimum Gasteiger partial charge on any atom is -0.452 e. The average molecular weight is 458 g/mol. The minimum absolute atomic E-state index is 0.00650. The van der Waals surface area contributed by atoms with Crippen LogP contribution in [0.1, 0.15) is 11.3 Å². The first-order valence-electron chi connectivity index (χ1n) is 8.75. The van der Waals surface area contributed by atoms with Gasteiger partial charge in [0.2, 0.25) is 0 Å². The fourth-order valence-electron chi connectivity index (χ4n) is 2.69. The Balaban J connectivity index is 2.21. The van der Waals surface area contributed by atoms with Crippen LogP contribution in [0.4, 0.5) is 26.3 Å². The van der Waals surface area contributed by atoms with Gasteiger partial charge in [0.05, 0.1) is 0 Å². The van der Waals surface area contributed by atoms with E-state index in [1.54, 1.807) is 30.3 Å². The number of ether oxygens (including phenoxy) is 2. The molecule has 0 saturated heterocycles. The molecule has 0 aliphatic carbocycles. The largest absolute Gasteiger partial charge is 0.491 e. The SMILES string of the molecule is O=C(OC(OC(=O)C(F)(F)F)(c1ccccc1)c1ccc(-c2ccccc2)o1)C(F)(F)F. The van der Waals surface area contributed by atoms with E-state index in [9.17, 15) is 35.9 Å². The van der Waals surface area contributed by atoms with Crippen molar-refractivity contribution in [1.82, 2.24) is 0 Å². The lowest BCUT2D eigenvalue weighted by atomic mass is 10.0. The van der Waals surface area contributed by atoms with Gasteiger partial charge in [0, 0.05) is 11.1 Å².